The lowest BCUT2D eigenvalue weighted by molar-refractivity contribution is -0.141. The average molecular weight is 778 g/mol. The summed E-state index contributed by atoms with van der Waals surface area (Å²) in [5.41, 5.74) is 5.26. The third kappa shape index (κ3) is 8.24. The van der Waals surface area contributed by atoms with Gasteiger partial charge in [0.25, 0.3) is 0 Å². The number of carboxylic acids is 1. The lowest BCUT2D eigenvalue weighted by atomic mass is 9.94. The van der Waals surface area contributed by atoms with Crippen molar-refractivity contribution in [2.24, 2.45) is 5.92 Å². The lowest BCUT2D eigenvalue weighted by Gasteiger charge is -2.24. The maximum atomic E-state index is 14.6. The van der Waals surface area contributed by atoms with Crippen molar-refractivity contribution >= 4 is 29.2 Å². The number of halogens is 4. The van der Waals surface area contributed by atoms with Crippen molar-refractivity contribution in [2.75, 3.05) is 39.2 Å². The molecule has 10 nitrogen and oxygen atoms in total. The van der Waals surface area contributed by atoms with Crippen LogP contribution >= 0.6 is 11.6 Å². The first kappa shape index (κ1) is 38.4. The molecule has 1 aromatic heterocycles. The standard InChI is InChI=1S/C41H43ClF3N5O5/c1-54-36-18-35(32(41(43,44)45)17-25(36)22-50-16-15-24(21-50)40(52)53)48-33-13-11-28-27(5-3-6-29(28)33)30-7-4-8-31(38(30)42)34-12-9-23(39(49-34)55-2)19-46-20-26-10-14-37(51)47-26/h3-9,12,17-18,24,26,33,46,48H,10-11,13-16,19-22H2,1-2H3,(H,47,51)(H,52,53)/t24-,26+,33+/m1/s1. The van der Waals surface area contributed by atoms with Crippen molar-refractivity contribution in [3.8, 4) is 34.0 Å². The van der Waals surface area contributed by atoms with Gasteiger partial charge in [0, 0.05) is 67.0 Å². The summed E-state index contributed by atoms with van der Waals surface area (Å²) in [7, 11) is 2.99. The van der Waals surface area contributed by atoms with Crippen molar-refractivity contribution in [3.05, 3.63) is 93.5 Å². The molecular weight excluding hydrogens is 735 g/mol. The zero-order chi connectivity index (χ0) is 38.9. The van der Waals surface area contributed by atoms with Crippen LogP contribution < -0.4 is 25.4 Å². The zero-order valence-electron chi connectivity index (χ0n) is 30.6. The highest BCUT2D eigenvalue weighted by Crippen LogP contribution is 2.46. The summed E-state index contributed by atoms with van der Waals surface area (Å²) in [6.07, 6.45) is -1.66. The number of aliphatic carboxylic acids is 1. The molecule has 3 aromatic carbocycles. The summed E-state index contributed by atoms with van der Waals surface area (Å²) >= 11 is 7.14. The van der Waals surface area contributed by atoms with Crippen LogP contribution in [-0.2, 0) is 35.3 Å². The van der Waals surface area contributed by atoms with Crippen molar-refractivity contribution in [1.29, 1.82) is 0 Å². The first-order valence-corrected chi connectivity index (χ1v) is 18.8. The van der Waals surface area contributed by atoms with Crippen molar-refractivity contribution in [1.82, 2.24) is 20.5 Å². The predicted molar refractivity (Wildman–Crippen MR) is 203 cm³/mol. The molecule has 3 heterocycles. The van der Waals surface area contributed by atoms with Crippen LogP contribution in [0, 0.1) is 5.92 Å². The number of nitrogens with one attached hydrogen (secondary N) is 3. The van der Waals surface area contributed by atoms with Gasteiger partial charge in [-0.25, -0.2) is 4.98 Å². The molecule has 0 saturated carbocycles. The van der Waals surface area contributed by atoms with Gasteiger partial charge in [0.05, 0.1) is 48.1 Å². The van der Waals surface area contributed by atoms with E-state index in [0.717, 1.165) is 40.3 Å². The molecule has 3 aliphatic rings. The SMILES string of the molecule is COc1cc(N[C@H]2CCc3c(-c4cccc(-c5ccc(CNC[C@@H]6CCC(=O)N6)c(OC)n5)c4Cl)cccc32)c(C(F)(F)F)cc1CN1CC[C@@H](C(=O)O)C1. The number of hydrogen-bond donors (Lipinski definition) is 4. The second-order valence-corrected chi connectivity index (χ2v) is 14.7. The molecule has 0 radical (unpaired) electrons. The first-order chi connectivity index (χ1) is 26.4. The Morgan fingerprint density at radius 2 is 1.78 bits per heavy atom. The maximum absolute atomic E-state index is 14.6. The number of benzene rings is 3. The Kier molecular flexibility index (Phi) is 11.2. The molecule has 3 atom stereocenters. The number of carbonyl (C=O) groups is 2. The number of rotatable bonds is 13. The summed E-state index contributed by atoms with van der Waals surface area (Å²) in [5, 5.41) is 19.4. The van der Waals surface area contributed by atoms with Crippen LogP contribution in [0.1, 0.15) is 59.5 Å². The summed E-state index contributed by atoms with van der Waals surface area (Å²) in [6, 6.07) is 17.6. The number of pyridine rings is 1. The molecule has 1 amide bonds. The Labute approximate surface area is 322 Å². The molecule has 0 bridgehead atoms. The van der Waals surface area contributed by atoms with Gasteiger partial charge in [-0.1, -0.05) is 54.1 Å². The predicted octanol–water partition coefficient (Wildman–Crippen LogP) is 7.48. The van der Waals surface area contributed by atoms with Crippen LogP contribution in [0.5, 0.6) is 11.6 Å². The largest absolute Gasteiger partial charge is 0.496 e. The maximum Gasteiger partial charge on any atom is 0.418 e. The molecule has 0 unspecified atom stereocenters. The number of alkyl halides is 3. The Balaban J connectivity index is 1.12. The minimum Gasteiger partial charge on any atom is -0.496 e. The Hall–Kier alpha value is -4.85. The van der Waals surface area contributed by atoms with Crippen LogP contribution in [0.25, 0.3) is 22.4 Å². The molecule has 0 spiro atoms. The van der Waals surface area contributed by atoms with Crippen LogP contribution in [-0.4, -0.2) is 66.8 Å². The molecule has 7 rings (SSSR count). The van der Waals surface area contributed by atoms with E-state index < -0.39 is 29.7 Å². The fourth-order valence-corrected chi connectivity index (χ4v) is 8.36. The number of likely N-dealkylation sites (tertiary alicyclic amines) is 1. The molecule has 14 heteroatoms. The molecule has 1 aliphatic carbocycles. The molecule has 2 saturated heterocycles. The lowest BCUT2D eigenvalue weighted by Crippen LogP contribution is -2.35. The number of aromatic nitrogens is 1. The molecular formula is C41H43ClF3N5O5. The van der Waals surface area contributed by atoms with Gasteiger partial charge in [0.15, 0.2) is 0 Å². The third-order valence-corrected chi connectivity index (χ3v) is 11.2. The molecule has 4 aromatic rings. The number of hydrogen-bond acceptors (Lipinski definition) is 8. The molecule has 2 aliphatic heterocycles. The zero-order valence-corrected chi connectivity index (χ0v) is 31.3. The summed E-state index contributed by atoms with van der Waals surface area (Å²) in [4.78, 5) is 29.6. The number of amides is 1. The van der Waals surface area contributed by atoms with E-state index in [1.165, 1.54) is 13.2 Å². The van der Waals surface area contributed by atoms with E-state index in [-0.39, 0.29) is 30.7 Å². The molecule has 290 valence electrons. The van der Waals surface area contributed by atoms with Crippen molar-refractivity contribution in [3.63, 3.8) is 0 Å². The monoisotopic (exact) mass is 777 g/mol. The quantitative estimate of drug-likeness (QED) is 0.109. The number of anilines is 1. The second-order valence-electron chi connectivity index (χ2n) is 14.3. The first-order valence-electron chi connectivity index (χ1n) is 18.4. The summed E-state index contributed by atoms with van der Waals surface area (Å²) < 4.78 is 55.0. The van der Waals surface area contributed by atoms with E-state index in [0.29, 0.717) is 78.8 Å². The fourth-order valence-electron chi connectivity index (χ4n) is 8.04. The van der Waals surface area contributed by atoms with Gasteiger partial charge in [-0.05, 0) is 61.1 Å². The Morgan fingerprint density at radius 1 is 1.00 bits per heavy atom. The molecule has 2 fully saturated rings. The minimum atomic E-state index is -4.64. The van der Waals surface area contributed by atoms with Crippen LogP contribution in [0.2, 0.25) is 5.02 Å². The van der Waals surface area contributed by atoms with Gasteiger partial charge < -0.3 is 30.5 Å². The summed E-state index contributed by atoms with van der Waals surface area (Å²) in [6.45, 7) is 2.05. The van der Waals surface area contributed by atoms with Gasteiger partial charge in [-0.3, -0.25) is 14.5 Å². The van der Waals surface area contributed by atoms with E-state index >= 15 is 0 Å². The average Bonchev–Trinajstić information content (AvgIpc) is 3.92. The number of carboxylic acid groups (broad SMARTS) is 1. The number of fused-ring (bicyclic) bond motifs is 1. The fraction of sp³-hybridized carbons (Fsp3) is 0.390. The van der Waals surface area contributed by atoms with Crippen molar-refractivity contribution < 1.29 is 37.3 Å². The topological polar surface area (TPSA) is 125 Å². The van der Waals surface area contributed by atoms with Gasteiger partial charge in [-0.2, -0.15) is 13.2 Å². The summed E-state index contributed by atoms with van der Waals surface area (Å²) in [5.74, 6) is -0.609. The number of carbonyl (C=O) groups excluding carboxylic acids is 1. The third-order valence-electron chi connectivity index (χ3n) is 10.8. The highest BCUT2D eigenvalue weighted by Gasteiger charge is 2.37. The highest BCUT2D eigenvalue weighted by molar-refractivity contribution is 6.36. The van der Waals surface area contributed by atoms with Crippen molar-refractivity contribution in [2.45, 2.75) is 63.5 Å². The van der Waals surface area contributed by atoms with E-state index in [4.69, 9.17) is 26.1 Å². The number of nitrogens with zero attached hydrogens (tertiary/aromatic N) is 2. The molecule has 55 heavy (non-hydrogen) atoms. The highest BCUT2D eigenvalue weighted by atomic mass is 35.5. The van der Waals surface area contributed by atoms with Gasteiger partial charge in [0.2, 0.25) is 11.8 Å². The van der Waals surface area contributed by atoms with Crippen LogP contribution in [0.3, 0.4) is 0 Å². The molecule has 4 N–H and O–H groups in total. The van der Waals surface area contributed by atoms with Gasteiger partial charge >= 0.3 is 12.1 Å². The Morgan fingerprint density at radius 3 is 2.49 bits per heavy atom. The van der Waals surface area contributed by atoms with Crippen LogP contribution in [0.4, 0.5) is 18.9 Å². The normalized spacial score (nSPS) is 19.7. The van der Waals surface area contributed by atoms with E-state index in [9.17, 15) is 27.9 Å². The van der Waals surface area contributed by atoms with E-state index in [2.05, 4.69) is 16.0 Å². The second kappa shape index (κ2) is 16.1. The number of ether oxygens (including phenoxy) is 2. The number of methoxy groups -OCH3 is 2. The van der Waals surface area contributed by atoms with Gasteiger partial charge in [0.1, 0.15) is 5.75 Å². The Bertz CT molecular complexity index is 2100. The van der Waals surface area contributed by atoms with Crippen LogP contribution in [0.15, 0.2) is 60.7 Å². The van der Waals surface area contributed by atoms with E-state index in [1.807, 2.05) is 53.4 Å². The van der Waals surface area contributed by atoms with Gasteiger partial charge in [-0.15, -0.1) is 0 Å². The smallest absolute Gasteiger partial charge is 0.418 e. The van der Waals surface area contributed by atoms with E-state index in [1.54, 1.807) is 7.11 Å². The minimum absolute atomic E-state index is 0.0720.